The zero-order valence-electron chi connectivity index (χ0n) is 17.1. The highest BCUT2D eigenvalue weighted by Crippen LogP contribution is 2.22. The number of carbonyl (C=O) groups is 1. The molecule has 0 atom stereocenters. The van der Waals surface area contributed by atoms with E-state index < -0.39 is 20.0 Å². The second-order valence-corrected chi connectivity index (χ2v) is 11.5. The smallest absolute Gasteiger partial charge is 0.253 e. The fourth-order valence-corrected chi connectivity index (χ4v) is 6.86. The highest BCUT2D eigenvalue weighted by atomic mass is 32.2. The number of sulfonamides is 2. The second kappa shape index (κ2) is 8.70. The van der Waals surface area contributed by atoms with Crippen LogP contribution in [0, 0.1) is 0 Å². The van der Waals surface area contributed by atoms with Gasteiger partial charge in [-0.3, -0.25) is 4.79 Å². The molecule has 166 valence electrons. The number of piperazine rings is 1. The lowest BCUT2D eigenvalue weighted by Gasteiger charge is -2.34. The number of hydrogen-bond donors (Lipinski definition) is 0. The molecule has 0 N–H and O–H groups in total. The molecule has 2 fully saturated rings. The Morgan fingerprint density at radius 1 is 0.613 bits per heavy atom. The lowest BCUT2D eigenvalue weighted by molar-refractivity contribution is 0.0698. The number of carbonyl (C=O) groups excluding carboxylic acids is 1. The van der Waals surface area contributed by atoms with E-state index in [1.54, 1.807) is 35.2 Å². The third-order valence-corrected chi connectivity index (χ3v) is 9.54. The van der Waals surface area contributed by atoms with Gasteiger partial charge in [0.25, 0.3) is 5.91 Å². The number of rotatable bonds is 5. The first kappa shape index (κ1) is 21.9. The maximum atomic E-state index is 12.8. The second-order valence-electron chi connectivity index (χ2n) is 7.64. The van der Waals surface area contributed by atoms with Crippen molar-refractivity contribution in [1.82, 2.24) is 13.5 Å². The number of amides is 1. The Hall–Kier alpha value is -2.27. The molecule has 2 saturated heterocycles. The third kappa shape index (κ3) is 4.38. The summed E-state index contributed by atoms with van der Waals surface area (Å²) in [5, 5.41) is 0. The molecule has 2 aromatic carbocycles. The largest absolute Gasteiger partial charge is 0.336 e. The highest BCUT2D eigenvalue weighted by Gasteiger charge is 2.31. The highest BCUT2D eigenvalue weighted by molar-refractivity contribution is 7.89. The number of benzene rings is 2. The minimum Gasteiger partial charge on any atom is -0.336 e. The molecule has 2 aliphatic heterocycles. The third-order valence-electron chi connectivity index (χ3n) is 5.71. The van der Waals surface area contributed by atoms with Crippen molar-refractivity contribution in [3.8, 4) is 0 Å². The predicted octanol–water partition coefficient (Wildman–Crippen LogP) is 1.62. The fourth-order valence-electron chi connectivity index (χ4n) is 3.90. The summed E-state index contributed by atoms with van der Waals surface area (Å²) in [7, 11) is -7.10. The zero-order valence-corrected chi connectivity index (χ0v) is 18.7. The molecule has 0 spiro atoms. The Bertz CT molecular complexity index is 1140. The minimum atomic E-state index is -3.58. The average Bonchev–Trinajstić information content (AvgIpc) is 3.35. The molecule has 0 unspecified atom stereocenters. The average molecular weight is 464 g/mol. The van der Waals surface area contributed by atoms with Crippen molar-refractivity contribution in [2.45, 2.75) is 22.6 Å². The molecule has 1 amide bonds. The van der Waals surface area contributed by atoms with E-state index in [4.69, 9.17) is 0 Å². The summed E-state index contributed by atoms with van der Waals surface area (Å²) < 4.78 is 53.6. The molecular formula is C21H25N3O5S2. The molecule has 2 heterocycles. The lowest BCUT2D eigenvalue weighted by atomic mass is 10.2. The van der Waals surface area contributed by atoms with Gasteiger partial charge in [-0.25, -0.2) is 16.8 Å². The molecule has 10 heteroatoms. The predicted molar refractivity (Wildman–Crippen MR) is 116 cm³/mol. The summed E-state index contributed by atoms with van der Waals surface area (Å²) in [6.45, 7) is 2.03. The van der Waals surface area contributed by atoms with Crippen molar-refractivity contribution in [3.63, 3.8) is 0 Å². The van der Waals surface area contributed by atoms with Crippen LogP contribution in [-0.4, -0.2) is 75.5 Å². The van der Waals surface area contributed by atoms with E-state index in [9.17, 15) is 21.6 Å². The lowest BCUT2D eigenvalue weighted by Crippen LogP contribution is -2.50. The maximum Gasteiger partial charge on any atom is 0.253 e. The summed E-state index contributed by atoms with van der Waals surface area (Å²) in [5.74, 6) is -0.234. The zero-order chi connectivity index (χ0) is 22.1. The summed E-state index contributed by atoms with van der Waals surface area (Å²) in [6.07, 6.45) is 1.73. The summed E-state index contributed by atoms with van der Waals surface area (Å²) >= 11 is 0. The van der Waals surface area contributed by atoms with Crippen molar-refractivity contribution in [1.29, 1.82) is 0 Å². The quantitative estimate of drug-likeness (QED) is 0.672. The summed E-state index contributed by atoms with van der Waals surface area (Å²) in [4.78, 5) is 14.9. The molecule has 0 saturated carbocycles. The van der Waals surface area contributed by atoms with Crippen LogP contribution in [0.5, 0.6) is 0 Å². The van der Waals surface area contributed by atoms with Gasteiger partial charge in [-0.15, -0.1) is 0 Å². The Kier molecular flexibility index (Phi) is 6.16. The van der Waals surface area contributed by atoms with E-state index in [1.165, 1.54) is 32.9 Å². The molecule has 0 radical (unpaired) electrons. The van der Waals surface area contributed by atoms with Gasteiger partial charge < -0.3 is 4.90 Å². The van der Waals surface area contributed by atoms with Crippen molar-refractivity contribution < 1.29 is 21.6 Å². The van der Waals surface area contributed by atoms with Gasteiger partial charge in [0.1, 0.15) is 0 Å². The van der Waals surface area contributed by atoms with Gasteiger partial charge in [-0.2, -0.15) is 8.61 Å². The minimum absolute atomic E-state index is 0.185. The number of nitrogens with zero attached hydrogens (tertiary/aromatic N) is 3. The van der Waals surface area contributed by atoms with Crippen LogP contribution in [0.1, 0.15) is 23.2 Å². The van der Waals surface area contributed by atoms with Crippen molar-refractivity contribution in [2.75, 3.05) is 39.3 Å². The fraction of sp³-hybridized carbons (Fsp3) is 0.381. The van der Waals surface area contributed by atoms with Crippen molar-refractivity contribution in [2.24, 2.45) is 0 Å². The van der Waals surface area contributed by atoms with E-state index >= 15 is 0 Å². The normalized spacial score (nSPS) is 18.9. The van der Waals surface area contributed by atoms with Crippen LogP contribution in [0.15, 0.2) is 64.4 Å². The van der Waals surface area contributed by atoms with Crippen LogP contribution in [0.4, 0.5) is 0 Å². The summed E-state index contributed by atoms with van der Waals surface area (Å²) in [5.41, 5.74) is 0.389. The van der Waals surface area contributed by atoms with Crippen LogP contribution >= 0.6 is 0 Å². The van der Waals surface area contributed by atoms with Gasteiger partial charge in [0.05, 0.1) is 9.79 Å². The van der Waals surface area contributed by atoms with Crippen LogP contribution in [0.3, 0.4) is 0 Å². The van der Waals surface area contributed by atoms with Crippen LogP contribution < -0.4 is 0 Å². The van der Waals surface area contributed by atoms with Gasteiger partial charge in [0.15, 0.2) is 0 Å². The molecule has 2 aliphatic rings. The monoisotopic (exact) mass is 463 g/mol. The van der Waals surface area contributed by atoms with E-state index in [0.717, 1.165) is 12.8 Å². The van der Waals surface area contributed by atoms with Crippen LogP contribution in [0.2, 0.25) is 0 Å². The van der Waals surface area contributed by atoms with Gasteiger partial charge in [0.2, 0.25) is 20.0 Å². The Labute approximate surface area is 183 Å². The Morgan fingerprint density at radius 2 is 1.10 bits per heavy atom. The molecule has 8 nitrogen and oxygen atoms in total. The standard InChI is InChI=1S/C21H25N3O5S2/c25-21(18-8-10-20(11-9-18)31(28,29)23-12-4-5-13-23)22-14-16-24(17-15-22)30(26,27)19-6-2-1-3-7-19/h1-3,6-11H,4-5,12-17H2. The Balaban J connectivity index is 1.41. The van der Waals surface area contributed by atoms with Gasteiger partial charge in [-0.05, 0) is 49.2 Å². The topological polar surface area (TPSA) is 95.1 Å². The molecular weight excluding hydrogens is 438 g/mol. The van der Waals surface area contributed by atoms with Crippen LogP contribution in [-0.2, 0) is 20.0 Å². The van der Waals surface area contributed by atoms with E-state index in [2.05, 4.69) is 0 Å². The van der Waals surface area contributed by atoms with Crippen molar-refractivity contribution >= 4 is 26.0 Å². The van der Waals surface area contributed by atoms with Gasteiger partial charge >= 0.3 is 0 Å². The number of hydrogen-bond acceptors (Lipinski definition) is 5. The molecule has 4 rings (SSSR count). The van der Waals surface area contributed by atoms with Crippen LogP contribution in [0.25, 0.3) is 0 Å². The van der Waals surface area contributed by atoms with Crippen molar-refractivity contribution in [3.05, 3.63) is 60.2 Å². The van der Waals surface area contributed by atoms with Gasteiger partial charge in [-0.1, -0.05) is 18.2 Å². The SMILES string of the molecule is O=C(c1ccc(S(=O)(=O)N2CCCC2)cc1)N1CCN(S(=O)(=O)c2ccccc2)CC1. The van der Waals surface area contributed by atoms with E-state index in [0.29, 0.717) is 18.7 Å². The van der Waals surface area contributed by atoms with E-state index in [1.807, 2.05) is 0 Å². The maximum absolute atomic E-state index is 12.8. The first-order chi connectivity index (χ1) is 14.8. The molecule has 2 aromatic rings. The van der Waals surface area contributed by atoms with E-state index in [-0.39, 0.29) is 41.9 Å². The molecule has 31 heavy (non-hydrogen) atoms. The first-order valence-electron chi connectivity index (χ1n) is 10.2. The van der Waals surface area contributed by atoms with Gasteiger partial charge in [0, 0.05) is 44.8 Å². The Morgan fingerprint density at radius 3 is 1.65 bits per heavy atom. The first-order valence-corrected chi connectivity index (χ1v) is 13.1. The summed E-state index contributed by atoms with van der Waals surface area (Å²) in [6, 6.07) is 14.2. The molecule has 0 aromatic heterocycles. The molecule has 0 bridgehead atoms. The molecule has 0 aliphatic carbocycles.